The van der Waals surface area contributed by atoms with E-state index in [2.05, 4.69) is 0 Å². The van der Waals surface area contributed by atoms with Crippen molar-refractivity contribution in [2.24, 2.45) is 0 Å². The lowest BCUT2D eigenvalue weighted by atomic mass is 10.0. The number of hydrogen-bond acceptors (Lipinski definition) is 5. The Balaban J connectivity index is 1.51. The zero-order chi connectivity index (χ0) is 15.9. The number of carbonyl (C=O) groups is 1. The molecule has 2 fully saturated rings. The highest BCUT2D eigenvalue weighted by Crippen LogP contribution is 2.35. The number of carbonyl (C=O) groups excluding carboxylic acids is 1. The van der Waals surface area contributed by atoms with Crippen molar-refractivity contribution < 1.29 is 23.7 Å². The fraction of sp³-hybridized carbons (Fsp3) is 0.588. The molecule has 124 valence electrons. The zero-order valence-corrected chi connectivity index (χ0v) is 13.3. The van der Waals surface area contributed by atoms with Crippen LogP contribution in [0.25, 0.3) is 0 Å². The first-order chi connectivity index (χ1) is 11.2. The number of amides is 1. The topological polar surface area (TPSA) is 57.2 Å². The van der Waals surface area contributed by atoms with Gasteiger partial charge in [0.1, 0.15) is 13.2 Å². The SMILES string of the molecule is Cc1cc2c(cc1C(=O)N1CCC3(CC1)OCCO3)OCCO2. The first-order valence-corrected chi connectivity index (χ1v) is 8.14. The van der Waals surface area contributed by atoms with Gasteiger partial charge >= 0.3 is 0 Å². The van der Waals surface area contributed by atoms with Gasteiger partial charge in [-0.25, -0.2) is 0 Å². The summed E-state index contributed by atoms with van der Waals surface area (Å²) < 4.78 is 22.6. The van der Waals surface area contributed by atoms with Crippen molar-refractivity contribution in [3.05, 3.63) is 23.3 Å². The molecule has 2 saturated heterocycles. The van der Waals surface area contributed by atoms with E-state index in [0.29, 0.717) is 50.8 Å². The molecule has 0 aliphatic carbocycles. The number of nitrogens with zero attached hydrogens (tertiary/aromatic N) is 1. The molecular weight excluding hydrogens is 298 g/mol. The number of hydrogen-bond donors (Lipinski definition) is 0. The minimum atomic E-state index is -0.460. The Bertz CT molecular complexity index is 614. The predicted octanol–water partition coefficient (Wildman–Crippen LogP) is 1.75. The van der Waals surface area contributed by atoms with Gasteiger partial charge in [-0.15, -0.1) is 0 Å². The third-order valence-electron chi connectivity index (χ3n) is 4.75. The van der Waals surface area contributed by atoms with Crippen LogP contribution in [0.15, 0.2) is 12.1 Å². The Morgan fingerprint density at radius 3 is 2.26 bits per heavy atom. The molecule has 0 unspecified atom stereocenters. The summed E-state index contributed by atoms with van der Waals surface area (Å²) in [5.41, 5.74) is 1.59. The van der Waals surface area contributed by atoms with E-state index in [1.165, 1.54) is 0 Å². The number of ether oxygens (including phenoxy) is 4. The van der Waals surface area contributed by atoms with Crippen LogP contribution in [-0.4, -0.2) is 56.1 Å². The van der Waals surface area contributed by atoms with E-state index in [1.807, 2.05) is 17.9 Å². The molecular formula is C17H21NO5. The lowest BCUT2D eigenvalue weighted by Gasteiger charge is -2.37. The van der Waals surface area contributed by atoms with Crippen LogP contribution in [0.2, 0.25) is 0 Å². The summed E-state index contributed by atoms with van der Waals surface area (Å²) in [7, 11) is 0. The van der Waals surface area contributed by atoms with Crippen molar-refractivity contribution in [2.45, 2.75) is 25.6 Å². The summed E-state index contributed by atoms with van der Waals surface area (Å²) >= 11 is 0. The molecule has 0 radical (unpaired) electrons. The maximum Gasteiger partial charge on any atom is 0.254 e. The summed E-state index contributed by atoms with van der Waals surface area (Å²) in [5, 5.41) is 0. The van der Waals surface area contributed by atoms with Gasteiger partial charge in [-0.05, 0) is 24.6 Å². The van der Waals surface area contributed by atoms with E-state index in [9.17, 15) is 4.79 Å². The third kappa shape index (κ3) is 2.66. The van der Waals surface area contributed by atoms with E-state index >= 15 is 0 Å². The van der Waals surface area contributed by atoms with Crippen molar-refractivity contribution in [3.63, 3.8) is 0 Å². The number of piperidine rings is 1. The highest BCUT2D eigenvalue weighted by atomic mass is 16.7. The molecule has 4 rings (SSSR count). The van der Waals surface area contributed by atoms with Gasteiger partial charge in [-0.2, -0.15) is 0 Å². The van der Waals surface area contributed by atoms with Crippen LogP contribution in [0.3, 0.4) is 0 Å². The second-order valence-corrected chi connectivity index (χ2v) is 6.21. The molecule has 0 atom stereocenters. The molecule has 1 aromatic rings. The monoisotopic (exact) mass is 319 g/mol. The number of benzene rings is 1. The van der Waals surface area contributed by atoms with Gasteiger partial charge in [0, 0.05) is 31.5 Å². The van der Waals surface area contributed by atoms with Gasteiger partial charge in [0.25, 0.3) is 5.91 Å². The number of likely N-dealkylation sites (tertiary alicyclic amines) is 1. The second-order valence-electron chi connectivity index (χ2n) is 6.21. The average molecular weight is 319 g/mol. The molecule has 3 heterocycles. The van der Waals surface area contributed by atoms with Crippen LogP contribution in [0.4, 0.5) is 0 Å². The van der Waals surface area contributed by atoms with E-state index in [4.69, 9.17) is 18.9 Å². The molecule has 6 heteroatoms. The Morgan fingerprint density at radius 2 is 1.61 bits per heavy atom. The van der Waals surface area contributed by atoms with Crippen LogP contribution in [0.5, 0.6) is 11.5 Å². The molecule has 23 heavy (non-hydrogen) atoms. The van der Waals surface area contributed by atoms with Gasteiger partial charge in [0.15, 0.2) is 17.3 Å². The quantitative estimate of drug-likeness (QED) is 0.789. The van der Waals surface area contributed by atoms with E-state index in [0.717, 1.165) is 24.2 Å². The maximum absolute atomic E-state index is 12.9. The third-order valence-corrected chi connectivity index (χ3v) is 4.75. The van der Waals surface area contributed by atoms with Gasteiger partial charge < -0.3 is 23.8 Å². The highest BCUT2D eigenvalue weighted by Gasteiger charge is 2.41. The van der Waals surface area contributed by atoms with Crippen molar-refractivity contribution in [3.8, 4) is 11.5 Å². The first kappa shape index (κ1) is 14.8. The smallest absolute Gasteiger partial charge is 0.254 e. The van der Waals surface area contributed by atoms with E-state index in [-0.39, 0.29) is 5.91 Å². The lowest BCUT2D eigenvalue weighted by molar-refractivity contribution is -0.181. The van der Waals surface area contributed by atoms with Gasteiger partial charge in [-0.1, -0.05) is 0 Å². The lowest BCUT2D eigenvalue weighted by Crippen LogP contribution is -2.47. The maximum atomic E-state index is 12.9. The molecule has 3 aliphatic rings. The summed E-state index contributed by atoms with van der Waals surface area (Å²) in [6.45, 7) is 5.59. The molecule has 0 bridgehead atoms. The average Bonchev–Trinajstić information content (AvgIpc) is 3.02. The molecule has 1 amide bonds. The van der Waals surface area contributed by atoms with Crippen molar-refractivity contribution in [2.75, 3.05) is 39.5 Å². The van der Waals surface area contributed by atoms with Crippen LogP contribution in [0.1, 0.15) is 28.8 Å². The summed E-state index contributed by atoms with van der Waals surface area (Å²) in [6, 6.07) is 3.69. The predicted molar refractivity (Wildman–Crippen MR) is 81.9 cm³/mol. The van der Waals surface area contributed by atoms with Crippen LogP contribution >= 0.6 is 0 Å². The highest BCUT2D eigenvalue weighted by molar-refractivity contribution is 5.96. The molecule has 0 aromatic heterocycles. The second kappa shape index (κ2) is 5.69. The zero-order valence-electron chi connectivity index (χ0n) is 13.3. The largest absolute Gasteiger partial charge is 0.486 e. The van der Waals surface area contributed by atoms with Crippen LogP contribution in [0, 0.1) is 6.92 Å². The van der Waals surface area contributed by atoms with Crippen molar-refractivity contribution in [1.82, 2.24) is 4.90 Å². The fourth-order valence-corrected chi connectivity index (χ4v) is 3.43. The molecule has 1 aromatic carbocycles. The Morgan fingerprint density at radius 1 is 1.00 bits per heavy atom. The fourth-order valence-electron chi connectivity index (χ4n) is 3.43. The normalized spacial score (nSPS) is 22.4. The van der Waals surface area contributed by atoms with Crippen LogP contribution < -0.4 is 9.47 Å². The number of rotatable bonds is 1. The Hall–Kier alpha value is -1.79. The molecule has 0 N–H and O–H groups in total. The van der Waals surface area contributed by atoms with Crippen LogP contribution in [-0.2, 0) is 9.47 Å². The molecule has 1 spiro atoms. The minimum absolute atomic E-state index is 0.0346. The molecule has 3 aliphatic heterocycles. The Kier molecular flexibility index (Phi) is 3.66. The van der Waals surface area contributed by atoms with E-state index < -0.39 is 5.79 Å². The first-order valence-electron chi connectivity index (χ1n) is 8.14. The number of aryl methyl sites for hydroxylation is 1. The summed E-state index contributed by atoms with van der Waals surface area (Å²) in [4.78, 5) is 14.7. The van der Waals surface area contributed by atoms with E-state index in [1.54, 1.807) is 6.07 Å². The van der Waals surface area contributed by atoms with Gasteiger partial charge in [-0.3, -0.25) is 4.79 Å². The van der Waals surface area contributed by atoms with Gasteiger partial charge in [0.2, 0.25) is 0 Å². The minimum Gasteiger partial charge on any atom is -0.486 e. The molecule has 0 saturated carbocycles. The number of fused-ring (bicyclic) bond motifs is 1. The summed E-state index contributed by atoms with van der Waals surface area (Å²) in [6.07, 6.45) is 1.45. The molecule has 6 nitrogen and oxygen atoms in total. The standard InChI is InChI=1S/C17H21NO5/c1-12-10-14-15(21-7-6-20-14)11-13(12)16(19)18-4-2-17(3-5-18)22-8-9-23-17/h10-11H,2-9H2,1H3. The Labute approximate surface area is 135 Å². The summed E-state index contributed by atoms with van der Waals surface area (Å²) in [5.74, 6) is 0.947. The van der Waals surface area contributed by atoms with Crippen molar-refractivity contribution in [1.29, 1.82) is 0 Å². The van der Waals surface area contributed by atoms with Crippen molar-refractivity contribution >= 4 is 5.91 Å². The van der Waals surface area contributed by atoms with Gasteiger partial charge in [0.05, 0.1) is 13.2 Å².